The normalized spacial score (nSPS) is 10.8. The van der Waals surface area contributed by atoms with Crippen LogP contribution in [0.4, 0.5) is 0 Å². The second-order valence-electron chi connectivity index (χ2n) is 5.55. The van der Waals surface area contributed by atoms with Gasteiger partial charge in [0.25, 0.3) is 5.91 Å². The summed E-state index contributed by atoms with van der Waals surface area (Å²) in [7, 11) is 3.60. The summed E-state index contributed by atoms with van der Waals surface area (Å²) in [5, 5.41) is 5.24. The van der Waals surface area contributed by atoms with Gasteiger partial charge in [0, 0.05) is 31.2 Å². The fourth-order valence-corrected chi connectivity index (χ4v) is 2.69. The molecule has 0 bridgehead atoms. The summed E-state index contributed by atoms with van der Waals surface area (Å²) in [6, 6.07) is 11.5. The topological polar surface area (TPSA) is 60.2 Å². The minimum Gasteiger partial charge on any atom is -0.478 e. The SMILES string of the molecule is CCOc1ncccc1CN(C)C(=O)c1nn(C)c2ccccc12. The van der Waals surface area contributed by atoms with Crippen LogP contribution in [0.25, 0.3) is 10.9 Å². The summed E-state index contributed by atoms with van der Waals surface area (Å²) in [6.07, 6.45) is 1.68. The standard InChI is InChI=1S/C18H20N4O2/c1-4-24-17-13(8-7-11-19-17)12-21(2)18(23)16-14-9-5-6-10-15(14)22(3)20-16/h5-11H,4,12H2,1-3H3. The summed E-state index contributed by atoms with van der Waals surface area (Å²) in [5.41, 5.74) is 2.26. The monoisotopic (exact) mass is 324 g/mol. The Morgan fingerprint density at radius 2 is 2.04 bits per heavy atom. The van der Waals surface area contributed by atoms with Crippen LogP contribution in [-0.4, -0.2) is 39.2 Å². The molecule has 0 N–H and O–H groups in total. The highest BCUT2D eigenvalue weighted by molar-refractivity contribution is 6.04. The lowest BCUT2D eigenvalue weighted by molar-refractivity contribution is 0.0779. The number of benzene rings is 1. The number of aromatic nitrogens is 3. The van der Waals surface area contributed by atoms with Crippen LogP contribution in [0.1, 0.15) is 23.0 Å². The maximum absolute atomic E-state index is 12.8. The molecule has 1 aromatic carbocycles. The van der Waals surface area contributed by atoms with Crippen LogP contribution < -0.4 is 4.74 Å². The minimum absolute atomic E-state index is 0.127. The van der Waals surface area contributed by atoms with Gasteiger partial charge in [0.05, 0.1) is 18.7 Å². The van der Waals surface area contributed by atoms with Crippen LogP contribution in [-0.2, 0) is 13.6 Å². The van der Waals surface area contributed by atoms with E-state index >= 15 is 0 Å². The van der Waals surface area contributed by atoms with Gasteiger partial charge in [-0.1, -0.05) is 24.3 Å². The molecule has 3 aromatic rings. The summed E-state index contributed by atoms with van der Waals surface area (Å²) >= 11 is 0. The summed E-state index contributed by atoms with van der Waals surface area (Å²) in [4.78, 5) is 18.7. The number of carbonyl (C=O) groups is 1. The van der Waals surface area contributed by atoms with Gasteiger partial charge in [0.1, 0.15) is 0 Å². The number of rotatable bonds is 5. The van der Waals surface area contributed by atoms with E-state index in [0.717, 1.165) is 16.5 Å². The van der Waals surface area contributed by atoms with E-state index in [1.807, 2.05) is 50.4 Å². The Labute approximate surface area is 140 Å². The first-order chi connectivity index (χ1) is 11.6. The molecule has 0 aliphatic carbocycles. The molecular formula is C18H20N4O2. The number of pyridine rings is 1. The van der Waals surface area contributed by atoms with Gasteiger partial charge >= 0.3 is 0 Å². The van der Waals surface area contributed by atoms with E-state index < -0.39 is 0 Å². The Morgan fingerprint density at radius 3 is 2.83 bits per heavy atom. The first-order valence-electron chi connectivity index (χ1n) is 7.85. The first kappa shape index (κ1) is 16.0. The predicted molar refractivity (Wildman–Crippen MR) is 91.9 cm³/mol. The van der Waals surface area contributed by atoms with Crippen LogP contribution in [0.3, 0.4) is 0 Å². The fraction of sp³-hybridized carbons (Fsp3) is 0.278. The van der Waals surface area contributed by atoms with Crippen molar-refractivity contribution in [3.05, 3.63) is 53.9 Å². The molecule has 124 valence electrons. The molecule has 0 spiro atoms. The molecule has 3 rings (SSSR count). The number of carbonyl (C=O) groups excluding carboxylic acids is 1. The molecule has 24 heavy (non-hydrogen) atoms. The number of hydrogen-bond acceptors (Lipinski definition) is 4. The van der Waals surface area contributed by atoms with Gasteiger partial charge in [-0.25, -0.2) is 4.98 Å². The maximum Gasteiger partial charge on any atom is 0.275 e. The van der Waals surface area contributed by atoms with Crippen molar-refractivity contribution in [1.29, 1.82) is 0 Å². The quantitative estimate of drug-likeness (QED) is 0.724. The molecule has 0 aliphatic rings. The molecule has 1 amide bonds. The van der Waals surface area contributed by atoms with Gasteiger partial charge in [-0.2, -0.15) is 5.10 Å². The number of ether oxygens (including phenoxy) is 1. The van der Waals surface area contributed by atoms with E-state index in [4.69, 9.17) is 4.74 Å². The largest absolute Gasteiger partial charge is 0.478 e. The van der Waals surface area contributed by atoms with Crippen LogP contribution in [0.15, 0.2) is 42.6 Å². The third-order valence-corrected chi connectivity index (χ3v) is 3.85. The Bertz CT molecular complexity index is 872. The maximum atomic E-state index is 12.8. The Kier molecular flexibility index (Phi) is 4.46. The molecule has 2 aromatic heterocycles. The van der Waals surface area contributed by atoms with Crippen molar-refractivity contribution >= 4 is 16.8 Å². The second kappa shape index (κ2) is 6.70. The van der Waals surface area contributed by atoms with Crippen LogP contribution in [0.5, 0.6) is 5.88 Å². The summed E-state index contributed by atoms with van der Waals surface area (Å²) < 4.78 is 7.26. The number of amides is 1. The van der Waals surface area contributed by atoms with E-state index in [0.29, 0.717) is 24.7 Å². The average Bonchev–Trinajstić information content (AvgIpc) is 2.93. The number of aryl methyl sites for hydroxylation is 1. The molecular weight excluding hydrogens is 304 g/mol. The van der Waals surface area contributed by atoms with Crippen molar-refractivity contribution < 1.29 is 9.53 Å². The van der Waals surface area contributed by atoms with Crippen LogP contribution >= 0.6 is 0 Å². The van der Waals surface area contributed by atoms with Crippen molar-refractivity contribution in [3.8, 4) is 5.88 Å². The molecule has 0 saturated carbocycles. The third kappa shape index (κ3) is 2.95. The molecule has 2 heterocycles. The molecule has 0 unspecified atom stereocenters. The zero-order valence-electron chi connectivity index (χ0n) is 14.1. The lowest BCUT2D eigenvalue weighted by Gasteiger charge is -2.17. The van der Waals surface area contributed by atoms with E-state index in [2.05, 4.69) is 10.1 Å². The molecule has 0 atom stereocenters. The van der Waals surface area contributed by atoms with Crippen molar-refractivity contribution in [1.82, 2.24) is 19.7 Å². The fourth-order valence-electron chi connectivity index (χ4n) is 2.69. The van der Waals surface area contributed by atoms with Gasteiger partial charge in [0.15, 0.2) is 5.69 Å². The van der Waals surface area contributed by atoms with Gasteiger partial charge in [-0.15, -0.1) is 0 Å². The van der Waals surface area contributed by atoms with E-state index in [1.54, 1.807) is 22.8 Å². The number of nitrogens with zero attached hydrogens (tertiary/aromatic N) is 4. The highest BCUT2D eigenvalue weighted by Gasteiger charge is 2.20. The Morgan fingerprint density at radius 1 is 1.25 bits per heavy atom. The Balaban J connectivity index is 1.87. The van der Waals surface area contributed by atoms with Crippen LogP contribution in [0, 0.1) is 0 Å². The minimum atomic E-state index is -0.127. The Hall–Kier alpha value is -2.89. The zero-order valence-corrected chi connectivity index (χ0v) is 14.1. The van der Waals surface area contributed by atoms with E-state index in [1.165, 1.54) is 0 Å². The smallest absolute Gasteiger partial charge is 0.275 e. The third-order valence-electron chi connectivity index (χ3n) is 3.85. The number of para-hydroxylation sites is 1. The lowest BCUT2D eigenvalue weighted by atomic mass is 10.2. The van der Waals surface area contributed by atoms with Crippen molar-refractivity contribution in [2.75, 3.05) is 13.7 Å². The molecule has 0 saturated heterocycles. The highest BCUT2D eigenvalue weighted by Crippen LogP contribution is 2.21. The zero-order chi connectivity index (χ0) is 17.1. The highest BCUT2D eigenvalue weighted by atomic mass is 16.5. The van der Waals surface area contributed by atoms with E-state index in [-0.39, 0.29) is 5.91 Å². The summed E-state index contributed by atoms with van der Waals surface area (Å²) in [5.74, 6) is 0.434. The molecule has 0 aliphatic heterocycles. The molecule has 6 heteroatoms. The molecule has 0 radical (unpaired) electrons. The number of fused-ring (bicyclic) bond motifs is 1. The van der Waals surface area contributed by atoms with Gasteiger partial charge < -0.3 is 9.64 Å². The molecule has 0 fully saturated rings. The second-order valence-corrected chi connectivity index (χ2v) is 5.55. The lowest BCUT2D eigenvalue weighted by Crippen LogP contribution is -2.27. The van der Waals surface area contributed by atoms with Crippen molar-refractivity contribution in [2.24, 2.45) is 7.05 Å². The summed E-state index contributed by atoms with van der Waals surface area (Å²) in [6.45, 7) is 2.85. The predicted octanol–water partition coefficient (Wildman–Crippen LogP) is 2.64. The first-order valence-corrected chi connectivity index (χ1v) is 7.85. The van der Waals surface area contributed by atoms with E-state index in [9.17, 15) is 4.79 Å². The average molecular weight is 324 g/mol. The van der Waals surface area contributed by atoms with Gasteiger partial charge in [-0.3, -0.25) is 9.48 Å². The van der Waals surface area contributed by atoms with Gasteiger partial charge in [0.2, 0.25) is 5.88 Å². The van der Waals surface area contributed by atoms with Gasteiger partial charge in [-0.05, 0) is 19.1 Å². The van der Waals surface area contributed by atoms with Crippen LogP contribution in [0.2, 0.25) is 0 Å². The van der Waals surface area contributed by atoms with Crippen molar-refractivity contribution in [2.45, 2.75) is 13.5 Å². The number of hydrogen-bond donors (Lipinski definition) is 0. The molecule has 6 nitrogen and oxygen atoms in total. The van der Waals surface area contributed by atoms with Crippen molar-refractivity contribution in [3.63, 3.8) is 0 Å².